The van der Waals surface area contributed by atoms with Gasteiger partial charge < -0.3 is 15.8 Å². The lowest BCUT2D eigenvalue weighted by Crippen LogP contribution is -2.54. The molecule has 0 radical (unpaired) electrons. The summed E-state index contributed by atoms with van der Waals surface area (Å²) >= 11 is 1.44. The number of anilines is 1. The van der Waals surface area contributed by atoms with Gasteiger partial charge in [-0.2, -0.15) is 0 Å². The molecule has 1 aliphatic rings. The Balaban J connectivity index is 2.04. The SMILES string of the molecule is CC(C)(C)c1csc(NC(=O)C2(N)CCOCC2)n1. The summed E-state index contributed by atoms with van der Waals surface area (Å²) in [5.74, 6) is -0.161. The summed E-state index contributed by atoms with van der Waals surface area (Å²) in [4.78, 5) is 16.7. The van der Waals surface area contributed by atoms with Crippen molar-refractivity contribution in [2.75, 3.05) is 18.5 Å². The Morgan fingerprint density at radius 2 is 2.11 bits per heavy atom. The van der Waals surface area contributed by atoms with E-state index < -0.39 is 5.54 Å². The molecule has 0 spiro atoms. The van der Waals surface area contributed by atoms with Crippen molar-refractivity contribution in [2.24, 2.45) is 5.73 Å². The van der Waals surface area contributed by atoms with Gasteiger partial charge in [-0.3, -0.25) is 4.79 Å². The van der Waals surface area contributed by atoms with Crippen LogP contribution in [0.4, 0.5) is 5.13 Å². The number of thiazole rings is 1. The summed E-state index contributed by atoms with van der Waals surface area (Å²) < 4.78 is 5.24. The van der Waals surface area contributed by atoms with Crippen LogP contribution in [0.3, 0.4) is 0 Å². The fourth-order valence-electron chi connectivity index (χ4n) is 1.86. The van der Waals surface area contributed by atoms with Crippen molar-refractivity contribution in [3.05, 3.63) is 11.1 Å². The largest absolute Gasteiger partial charge is 0.381 e. The van der Waals surface area contributed by atoms with Gasteiger partial charge in [0, 0.05) is 24.0 Å². The van der Waals surface area contributed by atoms with E-state index in [-0.39, 0.29) is 11.3 Å². The molecule has 0 bridgehead atoms. The minimum Gasteiger partial charge on any atom is -0.381 e. The second kappa shape index (κ2) is 5.19. The summed E-state index contributed by atoms with van der Waals surface area (Å²) in [6, 6.07) is 0. The average Bonchev–Trinajstić information content (AvgIpc) is 2.78. The van der Waals surface area contributed by atoms with Crippen molar-refractivity contribution in [2.45, 2.75) is 44.6 Å². The number of nitrogens with one attached hydrogen (secondary N) is 1. The number of nitrogens with zero attached hydrogens (tertiary/aromatic N) is 1. The molecule has 2 heterocycles. The number of carbonyl (C=O) groups is 1. The molecule has 0 unspecified atom stereocenters. The second-order valence-electron chi connectivity index (χ2n) is 6.01. The highest BCUT2D eigenvalue weighted by atomic mass is 32.1. The van der Waals surface area contributed by atoms with Gasteiger partial charge in [0.2, 0.25) is 5.91 Å². The van der Waals surface area contributed by atoms with E-state index in [2.05, 4.69) is 31.1 Å². The Morgan fingerprint density at radius 3 is 2.63 bits per heavy atom. The van der Waals surface area contributed by atoms with Gasteiger partial charge in [-0.1, -0.05) is 20.8 Å². The van der Waals surface area contributed by atoms with Gasteiger partial charge in [0.15, 0.2) is 5.13 Å². The maximum absolute atomic E-state index is 12.2. The van der Waals surface area contributed by atoms with Crippen LogP contribution >= 0.6 is 11.3 Å². The zero-order chi connectivity index (χ0) is 14.1. The number of carbonyl (C=O) groups excluding carboxylic acids is 1. The van der Waals surface area contributed by atoms with Crippen LogP contribution in [0.25, 0.3) is 0 Å². The van der Waals surface area contributed by atoms with E-state index in [1.807, 2.05) is 5.38 Å². The van der Waals surface area contributed by atoms with Gasteiger partial charge in [-0.05, 0) is 12.8 Å². The highest BCUT2D eigenvalue weighted by Gasteiger charge is 2.36. The van der Waals surface area contributed by atoms with Gasteiger partial charge in [0.1, 0.15) is 5.54 Å². The first-order valence-electron chi connectivity index (χ1n) is 6.45. The van der Waals surface area contributed by atoms with E-state index in [0.29, 0.717) is 31.2 Å². The molecule has 0 atom stereocenters. The first kappa shape index (κ1) is 14.4. The molecule has 0 aromatic carbocycles. The third-order valence-corrected chi connectivity index (χ3v) is 4.09. The highest BCUT2D eigenvalue weighted by Crippen LogP contribution is 2.27. The first-order chi connectivity index (χ1) is 8.81. The third kappa shape index (κ3) is 3.32. The van der Waals surface area contributed by atoms with Crippen LogP contribution < -0.4 is 11.1 Å². The van der Waals surface area contributed by atoms with Crippen molar-refractivity contribution in [3.63, 3.8) is 0 Å². The van der Waals surface area contributed by atoms with Crippen molar-refractivity contribution in [3.8, 4) is 0 Å². The molecule has 1 aliphatic heterocycles. The molecular formula is C13H21N3O2S. The molecule has 2 rings (SSSR count). The Hall–Kier alpha value is -0.980. The van der Waals surface area contributed by atoms with Gasteiger partial charge in [0.05, 0.1) is 5.69 Å². The van der Waals surface area contributed by atoms with Crippen LogP contribution in [0.5, 0.6) is 0 Å². The molecule has 1 amide bonds. The molecule has 0 aliphatic carbocycles. The summed E-state index contributed by atoms with van der Waals surface area (Å²) in [5, 5.41) is 5.42. The quantitative estimate of drug-likeness (QED) is 0.869. The Morgan fingerprint density at radius 1 is 1.47 bits per heavy atom. The number of ether oxygens (including phenoxy) is 1. The zero-order valence-corrected chi connectivity index (χ0v) is 12.5. The molecule has 1 fully saturated rings. The lowest BCUT2D eigenvalue weighted by molar-refractivity contribution is -0.124. The van der Waals surface area contributed by atoms with E-state index in [9.17, 15) is 4.79 Å². The van der Waals surface area contributed by atoms with Crippen LogP contribution in [0, 0.1) is 0 Å². The molecule has 0 saturated carbocycles. The highest BCUT2D eigenvalue weighted by molar-refractivity contribution is 7.14. The smallest absolute Gasteiger partial charge is 0.246 e. The molecule has 6 heteroatoms. The Labute approximate surface area is 117 Å². The number of amides is 1. The Bertz CT molecular complexity index is 459. The van der Waals surface area contributed by atoms with Gasteiger partial charge in [-0.25, -0.2) is 4.98 Å². The number of rotatable bonds is 2. The van der Waals surface area contributed by atoms with E-state index in [0.717, 1.165) is 5.69 Å². The van der Waals surface area contributed by atoms with Crippen molar-refractivity contribution < 1.29 is 9.53 Å². The van der Waals surface area contributed by atoms with E-state index in [4.69, 9.17) is 10.5 Å². The Kier molecular flexibility index (Phi) is 3.94. The molecule has 106 valence electrons. The monoisotopic (exact) mass is 283 g/mol. The summed E-state index contributed by atoms with van der Waals surface area (Å²) in [7, 11) is 0. The number of hydrogen-bond acceptors (Lipinski definition) is 5. The first-order valence-corrected chi connectivity index (χ1v) is 7.33. The molecule has 1 aromatic rings. The lowest BCUT2D eigenvalue weighted by atomic mass is 9.90. The van der Waals surface area contributed by atoms with Crippen LogP contribution in [0.2, 0.25) is 0 Å². The molecule has 5 nitrogen and oxygen atoms in total. The summed E-state index contributed by atoms with van der Waals surface area (Å²) in [5.41, 5.74) is 6.26. The molecule has 3 N–H and O–H groups in total. The number of aromatic nitrogens is 1. The molecule has 19 heavy (non-hydrogen) atoms. The average molecular weight is 283 g/mol. The van der Waals surface area contributed by atoms with E-state index >= 15 is 0 Å². The normalized spacial score (nSPS) is 19.2. The van der Waals surface area contributed by atoms with Crippen LogP contribution in [-0.4, -0.2) is 29.6 Å². The maximum atomic E-state index is 12.2. The van der Waals surface area contributed by atoms with Crippen molar-refractivity contribution in [1.29, 1.82) is 0 Å². The minimum absolute atomic E-state index is 0.0153. The van der Waals surface area contributed by atoms with E-state index in [1.165, 1.54) is 11.3 Å². The van der Waals surface area contributed by atoms with Crippen LogP contribution in [0.15, 0.2) is 5.38 Å². The predicted molar refractivity (Wildman–Crippen MR) is 76.4 cm³/mol. The number of hydrogen-bond donors (Lipinski definition) is 2. The summed E-state index contributed by atoms with van der Waals surface area (Å²) in [6.07, 6.45) is 1.10. The van der Waals surface area contributed by atoms with Crippen LogP contribution in [0.1, 0.15) is 39.3 Å². The molecule has 1 saturated heterocycles. The maximum Gasteiger partial charge on any atom is 0.246 e. The van der Waals surface area contributed by atoms with Crippen molar-refractivity contribution >= 4 is 22.4 Å². The third-order valence-electron chi connectivity index (χ3n) is 3.33. The fraction of sp³-hybridized carbons (Fsp3) is 0.692. The lowest BCUT2D eigenvalue weighted by Gasteiger charge is -2.31. The fourth-order valence-corrected chi connectivity index (χ4v) is 2.79. The van der Waals surface area contributed by atoms with Gasteiger partial charge in [0.25, 0.3) is 0 Å². The number of nitrogens with two attached hydrogens (primary N) is 1. The minimum atomic E-state index is -0.828. The predicted octanol–water partition coefficient (Wildman–Crippen LogP) is 1.89. The van der Waals surface area contributed by atoms with Crippen LogP contribution in [-0.2, 0) is 14.9 Å². The topological polar surface area (TPSA) is 77.2 Å². The summed E-state index contributed by atoms with van der Waals surface area (Å²) in [6.45, 7) is 7.35. The van der Waals surface area contributed by atoms with Crippen molar-refractivity contribution in [1.82, 2.24) is 4.98 Å². The van der Waals surface area contributed by atoms with E-state index in [1.54, 1.807) is 0 Å². The molecule has 1 aromatic heterocycles. The zero-order valence-electron chi connectivity index (χ0n) is 11.7. The van der Waals surface area contributed by atoms with Gasteiger partial charge >= 0.3 is 0 Å². The second-order valence-corrected chi connectivity index (χ2v) is 6.87. The van der Waals surface area contributed by atoms with Gasteiger partial charge in [-0.15, -0.1) is 11.3 Å². The molecular weight excluding hydrogens is 262 g/mol. The standard InChI is InChI=1S/C13H21N3O2S/c1-12(2,3)9-8-19-11(15-9)16-10(17)13(14)4-6-18-7-5-13/h8H,4-7,14H2,1-3H3,(H,15,16,17).